The fourth-order valence-electron chi connectivity index (χ4n) is 2.35. The summed E-state index contributed by atoms with van der Waals surface area (Å²) in [5.41, 5.74) is 2.16. The minimum atomic E-state index is 0.666. The monoisotopic (exact) mass is 339 g/mol. The van der Waals surface area contributed by atoms with Crippen LogP contribution in [0.4, 0.5) is 0 Å². The predicted octanol–water partition coefficient (Wildman–Crippen LogP) is 2.17. The first kappa shape index (κ1) is 17.2. The zero-order valence-corrected chi connectivity index (χ0v) is 14.6. The lowest BCUT2D eigenvalue weighted by Crippen LogP contribution is -2.37. The van der Waals surface area contributed by atoms with Gasteiger partial charge >= 0.3 is 0 Å². The van der Waals surface area contributed by atoms with E-state index in [1.807, 2.05) is 42.7 Å². The summed E-state index contributed by atoms with van der Waals surface area (Å²) in [5.74, 6) is 2.21. The summed E-state index contributed by atoms with van der Waals surface area (Å²) in [7, 11) is 1.77. The van der Waals surface area contributed by atoms with Crippen LogP contribution in [0.3, 0.4) is 0 Å². The molecular weight excluding hydrogens is 314 g/mol. The molecule has 1 aliphatic rings. The lowest BCUT2D eigenvalue weighted by molar-refractivity contribution is 0.288. The number of nitrogens with one attached hydrogen (secondary N) is 2. The first-order chi connectivity index (χ1) is 12.3. The second-order valence-electron chi connectivity index (χ2n) is 6.18. The topological polar surface area (TPSA) is 71.4 Å². The van der Waals surface area contributed by atoms with E-state index in [0.717, 1.165) is 42.7 Å². The van der Waals surface area contributed by atoms with E-state index in [-0.39, 0.29) is 0 Å². The van der Waals surface area contributed by atoms with Crippen LogP contribution in [0.25, 0.3) is 0 Å². The van der Waals surface area contributed by atoms with E-state index in [9.17, 15) is 0 Å². The van der Waals surface area contributed by atoms with Gasteiger partial charge in [-0.3, -0.25) is 9.98 Å². The van der Waals surface area contributed by atoms with Gasteiger partial charge in [-0.15, -0.1) is 0 Å². The van der Waals surface area contributed by atoms with Gasteiger partial charge in [-0.1, -0.05) is 12.1 Å². The summed E-state index contributed by atoms with van der Waals surface area (Å²) in [4.78, 5) is 12.9. The zero-order chi connectivity index (χ0) is 17.3. The Bertz CT molecular complexity index is 668. The maximum atomic E-state index is 5.65. The minimum Gasteiger partial charge on any atom is -0.477 e. The minimum absolute atomic E-state index is 0.666. The molecule has 2 heterocycles. The van der Waals surface area contributed by atoms with E-state index in [2.05, 4.69) is 25.6 Å². The van der Waals surface area contributed by atoms with Crippen LogP contribution in [0.5, 0.6) is 5.88 Å². The van der Waals surface area contributed by atoms with Gasteiger partial charge in [-0.2, -0.15) is 0 Å². The highest BCUT2D eigenvalue weighted by molar-refractivity contribution is 5.79. The molecule has 132 valence electrons. The molecule has 25 heavy (non-hydrogen) atoms. The molecule has 6 heteroatoms. The van der Waals surface area contributed by atoms with Gasteiger partial charge in [0, 0.05) is 50.7 Å². The van der Waals surface area contributed by atoms with E-state index in [0.29, 0.717) is 12.4 Å². The summed E-state index contributed by atoms with van der Waals surface area (Å²) in [6.07, 6.45) is 7.09. The van der Waals surface area contributed by atoms with Crippen LogP contribution in [-0.4, -0.2) is 36.1 Å². The van der Waals surface area contributed by atoms with Crippen molar-refractivity contribution in [2.24, 2.45) is 10.9 Å². The van der Waals surface area contributed by atoms with Crippen molar-refractivity contribution in [3.63, 3.8) is 0 Å². The van der Waals surface area contributed by atoms with Gasteiger partial charge in [0.2, 0.25) is 5.88 Å². The molecule has 2 aromatic rings. The first-order valence-corrected chi connectivity index (χ1v) is 8.75. The van der Waals surface area contributed by atoms with Crippen LogP contribution in [0, 0.1) is 5.92 Å². The molecule has 2 aromatic heterocycles. The molecular formula is C19H25N5O. The largest absolute Gasteiger partial charge is 0.477 e. The van der Waals surface area contributed by atoms with Crippen LogP contribution < -0.4 is 15.4 Å². The molecule has 0 atom stereocenters. The van der Waals surface area contributed by atoms with Crippen molar-refractivity contribution in [1.29, 1.82) is 0 Å². The van der Waals surface area contributed by atoms with E-state index < -0.39 is 0 Å². The fraction of sp³-hybridized carbons (Fsp3) is 0.421. The number of hydrogen-bond acceptors (Lipinski definition) is 4. The molecule has 0 radical (unpaired) electrons. The Balaban J connectivity index is 1.38. The van der Waals surface area contributed by atoms with Crippen LogP contribution in [-0.2, 0) is 13.0 Å². The molecule has 0 aromatic carbocycles. The molecule has 0 aliphatic heterocycles. The summed E-state index contributed by atoms with van der Waals surface area (Å²) in [6.45, 7) is 2.24. The molecule has 0 bridgehead atoms. The molecule has 0 saturated heterocycles. The number of aromatic nitrogens is 2. The van der Waals surface area contributed by atoms with Gasteiger partial charge < -0.3 is 15.4 Å². The molecule has 0 unspecified atom stereocenters. The van der Waals surface area contributed by atoms with Crippen molar-refractivity contribution in [2.75, 3.05) is 20.2 Å². The van der Waals surface area contributed by atoms with Crippen LogP contribution in [0.15, 0.2) is 47.7 Å². The number of rotatable bonds is 8. The van der Waals surface area contributed by atoms with Crippen LogP contribution in [0.1, 0.15) is 24.1 Å². The van der Waals surface area contributed by atoms with Crippen molar-refractivity contribution in [1.82, 2.24) is 20.6 Å². The number of guanidine groups is 1. The number of nitrogens with zero attached hydrogens (tertiary/aromatic N) is 3. The van der Waals surface area contributed by atoms with Crippen molar-refractivity contribution in [3.8, 4) is 5.88 Å². The summed E-state index contributed by atoms with van der Waals surface area (Å²) in [6, 6.07) is 9.91. The normalized spacial score (nSPS) is 14.2. The molecule has 1 saturated carbocycles. The number of hydrogen-bond donors (Lipinski definition) is 2. The Kier molecular flexibility index (Phi) is 6.20. The maximum Gasteiger partial charge on any atom is 0.213 e. The van der Waals surface area contributed by atoms with Crippen molar-refractivity contribution < 1.29 is 4.74 Å². The SMILES string of the molecule is CN=C(NCCc1ccccn1)NCc1ccc(OCC2CC2)nc1. The lowest BCUT2D eigenvalue weighted by atomic mass is 10.3. The molecule has 3 rings (SSSR count). The molecule has 6 nitrogen and oxygen atoms in total. The molecule has 1 fully saturated rings. The van der Waals surface area contributed by atoms with Gasteiger partial charge in [-0.25, -0.2) is 4.98 Å². The smallest absolute Gasteiger partial charge is 0.213 e. The maximum absolute atomic E-state index is 5.65. The highest BCUT2D eigenvalue weighted by Gasteiger charge is 2.21. The Labute approximate surface area is 148 Å². The second kappa shape index (κ2) is 9.01. The number of aliphatic imine (C=N–C) groups is 1. The van der Waals surface area contributed by atoms with Crippen molar-refractivity contribution in [2.45, 2.75) is 25.8 Å². The third kappa shape index (κ3) is 6.06. The molecule has 0 amide bonds. The average Bonchev–Trinajstić information content (AvgIpc) is 3.49. The zero-order valence-electron chi connectivity index (χ0n) is 14.6. The number of pyridine rings is 2. The predicted molar refractivity (Wildman–Crippen MR) is 98.6 cm³/mol. The molecule has 1 aliphatic carbocycles. The Morgan fingerprint density at radius 1 is 1.20 bits per heavy atom. The van der Waals surface area contributed by atoms with E-state index in [4.69, 9.17) is 4.74 Å². The van der Waals surface area contributed by atoms with Gasteiger partial charge in [0.25, 0.3) is 0 Å². The van der Waals surface area contributed by atoms with Crippen molar-refractivity contribution in [3.05, 3.63) is 54.0 Å². The standard InChI is InChI=1S/C19H25N5O/c1-20-19(22-11-9-17-4-2-3-10-21-17)24-13-16-7-8-18(23-12-16)25-14-15-5-6-15/h2-4,7-8,10,12,15H,5-6,9,11,13-14H2,1H3,(H2,20,22,24). The Morgan fingerprint density at radius 2 is 2.12 bits per heavy atom. The third-order valence-electron chi connectivity index (χ3n) is 4.04. The fourth-order valence-corrected chi connectivity index (χ4v) is 2.35. The van der Waals surface area contributed by atoms with Crippen LogP contribution >= 0.6 is 0 Å². The molecule has 0 spiro atoms. The summed E-state index contributed by atoms with van der Waals surface area (Å²) < 4.78 is 5.65. The van der Waals surface area contributed by atoms with Gasteiger partial charge in [0.05, 0.1) is 6.61 Å². The van der Waals surface area contributed by atoms with Crippen LogP contribution in [0.2, 0.25) is 0 Å². The van der Waals surface area contributed by atoms with E-state index in [1.54, 1.807) is 7.05 Å². The van der Waals surface area contributed by atoms with E-state index >= 15 is 0 Å². The third-order valence-corrected chi connectivity index (χ3v) is 4.04. The average molecular weight is 339 g/mol. The van der Waals surface area contributed by atoms with Crippen molar-refractivity contribution >= 4 is 5.96 Å². The second-order valence-corrected chi connectivity index (χ2v) is 6.18. The number of ether oxygens (including phenoxy) is 1. The summed E-state index contributed by atoms with van der Waals surface area (Å²) >= 11 is 0. The van der Waals surface area contributed by atoms with Gasteiger partial charge in [-0.05, 0) is 36.5 Å². The molecule has 2 N–H and O–H groups in total. The first-order valence-electron chi connectivity index (χ1n) is 8.75. The van der Waals surface area contributed by atoms with E-state index in [1.165, 1.54) is 12.8 Å². The van der Waals surface area contributed by atoms with Gasteiger partial charge in [0.15, 0.2) is 5.96 Å². The summed E-state index contributed by atoms with van der Waals surface area (Å²) in [5, 5.41) is 6.58. The Morgan fingerprint density at radius 3 is 2.80 bits per heavy atom. The Hall–Kier alpha value is -2.63. The highest BCUT2D eigenvalue weighted by atomic mass is 16.5. The highest BCUT2D eigenvalue weighted by Crippen LogP contribution is 2.29. The quantitative estimate of drug-likeness (QED) is 0.570. The van der Waals surface area contributed by atoms with Gasteiger partial charge in [0.1, 0.15) is 0 Å². The lowest BCUT2D eigenvalue weighted by Gasteiger charge is -2.12.